The molecule has 1 unspecified atom stereocenters. The van der Waals surface area contributed by atoms with Crippen molar-refractivity contribution < 1.29 is 4.39 Å². The molecule has 1 aromatic rings. The van der Waals surface area contributed by atoms with Crippen LogP contribution < -0.4 is 0 Å². The first-order valence-electron chi connectivity index (χ1n) is 5.05. The van der Waals surface area contributed by atoms with E-state index in [9.17, 15) is 4.39 Å². The van der Waals surface area contributed by atoms with Crippen LogP contribution in [-0.4, -0.2) is 17.3 Å². The maximum Gasteiger partial charge on any atom is 0.123 e. The Morgan fingerprint density at radius 3 is 2.53 bits per heavy atom. The fourth-order valence-electron chi connectivity index (χ4n) is 1.47. The Morgan fingerprint density at radius 2 is 2.00 bits per heavy atom. The topological polar surface area (TPSA) is 0 Å². The van der Waals surface area contributed by atoms with Gasteiger partial charge in [0.05, 0.1) is 0 Å². The summed E-state index contributed by atoms with van der Waals surface area (Å²) in [7, 11) is 0. The highest BCUT2D eigenvalue weighted by Crippen LogP contribution is 2.17. The fourth-order valence-corrected chi connectivity index (χ4v) is 2.59. The smallest absolute Gasteiger partial charge is 0.123 e. The third-order valence-corrected chi connectivity index (χ3v) is 3.95. The highest BCUT2D eigenvalue weighted by Gasteiger charge is 2.07. The molecule has 1 aromatic carbocycles. The number of hydrogen-bond donors (Lipinski definition) is 0. The zero-order valence-electron chi connectivity index (χ0n) is 8.88. The van der Waals surface area contributed by atoms with E-state index in [1.807, 2.05) is 23.9 Å². The maximum atomic E-state index is 12.7. The molecule has 0 saturated heterocycles. The van der Waals surface area contributed by atoms with Crippen molar-refractivity contribution >= 4 is 27.7 Å². The van der Waals surface area contributed by atoms with Crippen molar-refractivity contribution in [3.63, 3.8) is 0 Å². The molecule has 15 heavy (non-hydrogen) atoms. The molecule has 0 saturated carbocycles. The first-order chi connectivity index (χ1) is 7.26. The van der Waals surface area contributed by atoms with Crippen LogP contribution in [0.3, 0.4) is 0 Å². The Balaban J connectivity index is 2.47. The molecule has 0 aromatic heterocycles. The molecule has 0 bridgehead atoms. The summed E-state index contributed by atoms with van der Waals surface area (Å²) in [6, 6.07) is 6.83. The van der Waals surface area contributed by atoms with Crippen molar-refractivity contribution in [1.82, 2.24) is 0 Å². The maximum absolute atomic E-state index is 12.7. The van der Waals surface area contributed by atoms with Crippen molar-refractivity contribution in [2.24, 2.45) is 5.92 Å². The number of benzene rings is 1. The van der Waals surface area contributed by atoms with Crippen LogP contribution in [0.1, 0.15) is 12.0 Å². The van der Waals surface area contributed by atoms with Crippen LogP contribution in [0, 0.1) is 11.7 Å². The Bertz CT molecular complexity index is 273. The van der Waals surface area contributed by atoms with Gasteiger partial charge in [0.1, 0.15) is 5.82 Å². The lowest BCUT2D eigenvalue weighted by molar-refractivity contribution is 0.576. The Kier molecular flexibility index (Phi) is 6.34. The average Bonchev–Trinajstić information content (AvgIpc) is 2.27. The minimum Gasteiger partial charge on any atom is -0.207 e. The molecule has 0 nitrogen and oxygen atoms in total. The largest absolute Gasteiger partial charge is 0.207 e. The van der Waals surface area contributed by atoms with Crippen LogP contribution >= 0.6 is 27.7 Å². The molecule has 84 valence electrons. The van der Waals surface area contributed by atoms with Gasteiger partial charge in [0, 0.05) is 5.33 Å². The number of hydrogen-bond acceptors (Lipinski definition) is 1. The molecule has 0 amide bonds. The molecule has 3 heteroatoms. The number of alkyl halides is 1. The van der Waals surface area contributed by atoms with Gasteiger partial charge in [0.25, 0.3) is 0 Å². The van der Waals surface area contributed by atoms with Gasteiger partial charge < -0.3 is 0 Å². The molecule has 0 aliphatic carbocycles. The monoisotopic (exact) mass is 290 g/mol. The van der Waals surface area contributed by atoms with E-state index in [2.05, 4.69) is 22.2 Å². The predicted molar refractivity (Wildman–Crippen MR) is 70.4 cm³/mol. The molecule has 1 rings (SSSR count). The molecular formula is C12H16BrFS. The second kappa shape index (κ2) is 7.29. The summed E-state index contributed by atoms with van der Waals surface area (Å²) in [4.78, 5) is 0. The van der Waals surface area contributed by atoms with Gasteiger partial charge in [-0.3, -0.25) is 0 Å². The van der Waals surface area contributed by atoms with Gasteiger partial charge in [-0.2, -0.15) is 11.8 Å². The van der Waals surface area contributed by atoms with E-state index in [1.54, 1.807) is 0 Å². The lowest BCUT2D eigenvalue weighted by atomic mass is 9.99. The summed E-state index contributed by atoms with van der Waals surface area (Å²) in [5.74, 6) is 1.69. The third-order valence-electron chi connectivity index (χ3n) is 2.39. The SMILES string of the molecule is CSCCC(CBr)Cc1ccc(F)cc1. The average molecular weight is 291 g/mol. The van der Waals surface area contributed by atoms with Crippen LogP contribution in [0.25, 0.3) is 0 Å². The van der Waals surface area contributed by atoms with E-state index in [4.69, 9.17) is 0 Å². The highest BCUT2D eigenvalue weighted by molar-refractivity contribution is 9.09. The minimum absolute atomic E-state index is 0.154. The zero-order chi connectivity index (χ0) is 11.1. The van der Waals surface area contributed by atoms with Crippen LogP contribution in [0.4, 0.5) is 4.39 Å². The van der Waals surface area contributed by atoms with E-state index in [0.29, 0.717) is 5.92 Å². The van der Waals surface area contributed by atoms with Gasteiger partial charge in [-0.05, 0) is 48.5 Å². The van der Waals surface area contributed by atoms with Crippen molar-refractivity contribution in [2.45, 2.75) is 12.8 Å². The van der Waals surface area contributed by atoms with Gasteiger partial charge in [-0.1, -0.05) is 28.1 Å². The molecule has 0 spiro atoms. The lowest BCUT2D eigenvalue weighted by Gasteiger charge is -2.13. The summed E-state index contributed by atoms with van der Waals surface area (Å²) < 4.78 is 12.7. The molecule has 1 atom stereocenters. The summed E-state index contributed by atoms with van der Waals surface area (Å²) in [5.41, 5.74) is 1.22. The van der Waals surface area contributed by atoms with E-state index >= 15 is 0 Å². The predicted octanol–water partition coefficient (Wildman–Crippen LogP) is 4.13. The van der Waals surface area contributed by atoms with Crippen LogP contribution in [0.15, 0.2) is 24.3 Å². The molecule has 0 aliphatic rings. The van der Waals surface area contributed by atoms with Crippen molar-refractivity contribution in [3.8, 4) is 0 Å². The van der Waals surface area contributed by atoms with Crippen LogP contribution in [0.2, 0.25) is 0 Å². The van der Waals surface area contributed by atoms with E-state index in [1.165, 1.54) is 29.9 Å². The third kappa shape index (κ3) is 5.03. The Hall–Kier alpha value is -0.0200. The number of rotatable bonds is 6. The summed E-state index contributed by atoms with van der Waals surface area (Å²) in [6.45, 7) is 0. The molecule has 0 aliphatic heterocycles. The summed E-state index contributed by atoms with van der Waals surface area (Å²) >= 11 is 5.41. The number of thioether (sulfide) groups is 1. The molecule has 0 heterocycles. The Morgan fingerprint density at radius 1 is 1.33 bits per heavy atom. The van der Waals surface area contributed by atoms with Crippen molar-refractivity contribution in [1.29, 1.82) is 0 Å². The lowest BCUT2D eigenvalue weighted by Crippen LogP contribution is -2.07. The van der Waals surface area contributed by atoms with Gasteiger partial charge in [0.15, 0.2) is 0 Å². The zero-order valence-corrected chi connectivity index (χ0v) is 11.3. The van der Waals surface area contributed by atoms with E-state index in [0.717, 1.165) is 11.8 Å². The summed E-state index contributed by atoms with van der Waals surface area (Å²) in [6.07, 6.45) is 4.37. The van der Waals surface area contributed by atoms with Gasteiger partial charge in [-0.15, -0.1) is 0 Å². The highest BCUT2D eigenvalue weighted by atomic mass is 79.9. The molecule has 0 fully saturated rings. The Labute approximate surface area is 104 Å². The quantitative estimate of drug-likeness (QED) is 0.710. The molecule has 0 radical (unpaired) electrons. The summed E-state index contributed by atoms with van der Waals surface area (Å²) in [5, 5.41) is 1.02. The standard InChI is InChI=1S/C12H16BrFS/c1-15-7-6-11(9-13)8-10-2-4-12(14)5-3-10/h2-5,11H,6-9H2,1H3. The van der Waals surface area contributed by atoms with Crippen LogP contribution in [-0.2, 0) is 6.42 Å². The van der Waals surface area contributed by atoms with Crippen molar-refractivity contribution in [3.05, 3.63) is 35.6 Å². The normalized spacial score (nSPS) is 12.7. The van der Waals surface area contributed by atoms with Gasteiger partial charge in [0.2, 0.25) is 0 Å². The van der Waals surface area contributed by atoms with Crippen molar-refractivity contribution in [2.75, 3.05) is 17.3 Å². The molecule has 0 N–H and O–H groups in total. The number of halogens is 2. The second-order valence-electron chi connectivity index (χ2n) is 3.63. The first kappa shape index (κ1) is 13.0. The minimum atomic E-state index is -0.154. The van der Waals surface area contributed by atoms with Gasteiger partial charge >= 0.3 is 0 Å². The van der Waals surface area contributed by atoms with Gasteiger partial charge in [-0.25, -0.2) is 4.39 Å². The second-order valence-corrected chi connectivity index (χ2v) is 5.27. The first-order valence-corrected chi connectivity index (χ1v) is 7.57. The van der Waals surface area contributed by atoms with E-state index < -0.39 is 0 Å². The fraction of sp³-hybridized carbons (Fsp3) is 0.500. The molecular weight excluding hydrogens is 275 g/mol. The van der Waals surface area contributed by atoms with Crippen LogP contribution in [0.5, 0.6) is 0 Å². The van der Waals surface area contributed by atoms with E-state index in [-0.39, 0.29) is 5.82 Å².